The van der Waals surface area contributed by atoms with Crippen LogP contribution in [0, 0.1) is 0 Å². The second-order valence-electron chi connectivity index (χ2n) is 3.18. The van der Waals surface area contributed by atoms with Gasteiger partial charge in [0.05, 0.1) is 17.9 Å². The van der Waals surface area contributed by atoms with E-state index >= 15 is 0 Å². The van der Waals surface area contributed by atoms with E-state index in [9.17, 15) is 0 Å². The maximum Gasteiger partial charge on any atom is 0.0918 e. The molecule has 0 spiro atoms. The fourth-order valence-corrected chi connectivity index (χ4v) is 3.30. The number of hydrogen-bond acceptors (Lipinski definition) is 3. The standard InChI is InChI=1S/C8H14N2S/c1-3-7-8-6(4-11-7)9-5(2)10-8/h6-10H,2-4H2,1H3/t6-,7?,8-/m0/s1. The largest absolute Gasteiger partial charge is 0.367 e. The third-order valence-corrected chi connectivity index (χ3v) is 4.03. The number of rotatable bonds is 1. The molecule has 2 aliphatic rings. The Morgan fingerprint density at radius 3 is 3.18 bits per heavy atom. The summed E-state index contributed by atoms with van der Waals surface area (Å²) in [6, 6.07) is 1.27. The maximum absolute atomic E-state index is 3.87. The second kappa shape index (κ2) is 2.63. The van der Waals surface area contributed by atoms with Crippen molar-refractivity contribution in [1.82, 2.24) is 10.6 Å². The van der Waals surface area contributed by atoms with Crippen LogP contribution in [0.15, 0.2) is 12.4 Å². The predicted molar refractivity (Wildman–Crippen MR) is 49.5 cm³/mol. The Morgan fingerprint density at radius 1 is 1.64 bits per heavy atom. The molecule has 0 aromatic rings. The normalized spacial score (nSPS) is 41.5. The van der Waals surface area contributed by atoms with E-state index in [1.165, 1.54) is 12.2 Å². The van der Waals surface area contributed by atoms with E-state index in [1.807, 2.05) is 0 Å². The molecule has 0 amide bonds. The first-order chi connectivity index (χ1) is 5.31. The molecule has 62 valence electrons. The van der Waals surface area contributed by atoms with Crippen LogP contribution in [0.2, 0.25) is 0 Å². The summed E-state index contributed by atoms with van der Waals surface area (Å²) in [4.78, 5) is 0. The Kier molecular flexibility index (Phi) is 1.75. The molecular formula is C8H14N2S. The van der Waals surface area contributed by atoms with Crippen LogP contribution in [0.4, 0.5) is 0 Å². The van der Waals surface area contributed by atoms with Gasteiger partial charge in [-0.3, -0.25) is 0 Å². The highest BCUT2D eigenvalue weighted by Gasteiger charge is 2.39. The summed E-state index contributed by atoms with van der Waals surface area (Å²) < 4.78 is 0. The first-order valence-corrected chi connectivity index (χ1v) is 5.19. The fraction of sp³-hybridized carbons (Fsp3) is 0.750. The van der Waals surface area contributed by atoms with Crippen LogP contribution >= 0.6 is 11.8 Å². The molecule has 0 radical (unpaired) electrons. The smallest absolute Gasteiger partial charge is 0.0918 e. The lowest BCUT2D eigenvalue weighted by Crippen LogP contribution is -2.36. The highest BCUT2D eigenvalue weighted by atomic mass is 32.2. The van der Waals surface area contributed by atoms with Gasteiger partial charge < -0.3 is 10.6 Å². The average Bonchev–Trinajstić information content (AvgIpc) is 2.45. The molecule has 3 heteroatoms. The molecular weight excluding hydrogens is 156 g/mol. The van der Waals surface area contributed by atoms with E-state index in [0.29, 0.717) is 12.1 Å². The molecule has 2 N–H and O–H groups in total. The van der Waals surface area contributed by atoms with Gasteiger partial charge in [0.2, 0.25) is 0 Å². The Balaban J connectivity index is 2.07. The van der Waals surface area contributed by atoms with E-state index in [0.717, 1.165) is 11.1 Å². The van der Waals surface area contributed by atoms with Gasteiger partial charge in [-0.2, -0.15) is 11.8 Å². The minimum atomic E-state index is 0.637. The molecule has 0 aromatic heterocycles. The van der Waals surface area contributed by atoms with Crippen LogP contribution < -0.4 is 10.6 Å². The lowest BCUT2D eigenvalue weighted by Gasteiger charge is -2.14. The summed E-state index contributed by atoms with van der Waals surface area (Å²) in [6.07, 6.45) is 1.26. The van der Waals surface area contributed by atoms with Crippen molar-refractivity contribution in [1.29, 1.82) is 0 Å². The molecule has 2 fully saturated rings. The first-order valence-electron chi connectivity index (χ1n) is 4.15. The molecule has 3 atom stereocenters. The van der Waals surface area contributed by atoms with Crippen LogP contribution in [0.5, 0.6) is 0 Å². The second-order valence-corrected chi connectivity index (χ2v) is 4.45. The number of fused-ring (bicyclic) bond motifs is 1. The van der Waals surface area contributed by atoms with Crippen molar-refractivity contribution in [3.63, 3.8) is 0 Å². The van der Waals surface area contributed by atoms with Crippen molar-refractivity contribution in [2.24, 2.45) is 0 Å². The molecule has 2 nitrogen and oxygen atoms in total. The molecule has 0 aliphatic carbocycles. The number of hydrogen-bond donors (Lipinski definition) is 2. The monoisotopic (exact) mass is 170 g/mol. The van der Waals surface area contributed by atoms with E-state index < -0.39 is 0 Å². The molecule has 2 saturated heterocycles. The molecule has 1 unspecified atom stereocenters. The van der Waals surface area contributed by atoms with E-state index in [-0.39, 0.29) is 0 Å². The van der Waals surface area contributed by atoms with Crippen molar-refractivity contribution >= 4 is 11.8 Å². The zero-order chi connectivity index (χ0) is 7.84. The molecule has 2 aliphatic heterocycles. The van der Waals surface area contributed by atoms with Crippen LogP contribution in [-0.4, -0.2) is 23.1 Å². The summed E-state index contributed by atoms with van der Waals surface area (Å²) in [5.41, 5.74) is 0. The van der Waals surface area contributed by atoms with Gasteiger partial charge >= 0.3 is 0 Å². The predicted octanol–water partition coefficient (Wildman–Crippen LogP) is 0.913. The minimum Gasteiger partial charge on any atom is -0.367 e. The van der Waals surface area contributed by atoms with Gasteiger partial charge in [-0.15, -0.1) is 0 Å². The Morgan fingerprint density at radius 2 is 2.45 bits per heavy atom. The highest BCUT2D eigenvalue weighted by Crippen LogP contribution is 2.32. The molecule has 0 saturated carbocycles. The van der Waals surface area contributed by atoms with Gasteiger partial charge in [0.1, 0.15) is 0 Å². The van der Waals surface area contributed by atoms with Crippen molar-refractivity contribution in [3.05, 3.63) is 12.4 Å². The lowest BCUT2D eigenvalue weighted by atomic mass is 10.1. The quantitative estimate of drug-likeness (QED) is 0.612. The summed E-state index contributed by atoms with van der Waals surface area (Å²) in [5.74, 6) is 2.24. The zero-order valence-corrected chi connectivity index (χ0v) is 7.58. The lowest BCUT2D eigenvalue weighted by molar-refractivity contribution is 0.544. The van der Waals surface area contributed by atoms with Crippen molar-refractivity contribution in [3.8, 4) is 0 Å². The van der Waals surface area contributed by atoms with Crippen LogP contribution in [0.3, 0.4) is 0 Å². The summed E-state index contributed by atoms with van der Waals surface area (Å²) in [7, 11) is 0. The molecule has 0 aromatic carbocycles. The van der Waals surface area contributed by atoms with Crippen LogP contribution in [0.25, 0.3) is 0 Å². The number of nitrogens with one attached hydrogen (secondary N) is 2. The Bertz CT molecular complexity index is 181. The molecule has 0 bridgehead atoms. The van der Waals surface area contributed by atoms with Crippen molar-refractivity contribution < 1.29 is 0 Å². The molecule has 2 heterocycles. The van der Waals surface area contributed by atoms with Crippen LogP contribution in [0.1, 0.15) is 13.3 Å². The third-order valence-electron chi connectivity index (χ3n) is 2.43. The third kappa shape index (κ3) is 1.11. The van der Waals surface area contributed by atoms with Gasteiger partial charge in [-0.05, 0) is 6.42 Å². The van der Waals surface area contributed by atoms with Gasteiger partial charge in [0, 0.05) is 11.0 Å². The van der Waals surface area contributed by atoms with Gasteiger partial charge in [0.15, 0.2) is 0 Å². The summed E-state index contributed by atoms with van der Waals surface area (Å²) in [5, 5.41) is 7.53. The van der Waals surface area contributed by atoms with Gasteiger partial charge in [-0.25, -0.2) is 0 Å². The number of thioether (sulfide) groups is 1. The Labute approximate surface area is 71.8 Å². The first kappa shape index (κ1) is 7.35. The van der Waals surface area contributed by atoms with E-state index in [1.54, 1.807) is 0 Å². The van der Waals surface area contributed by atoms with E-state index in [4.69, 9.17) is 0 Å². The van der Waals surface area contributed by atoms with Crippen molar-refractivity contribution in [2.45, 2.75) is 30.7 Å². The van der Waals surface area contributed by atoms with Gasteiger partial charge in [0.25, 0.3) is 0 Å². The van der Waals surface area contributed by atoms with Gasteiger partial charge in [-0.1, -0.05) is 13.5 Å². The zero-order valence-electron chi connectivity index (χ0n) is 6.76. The minimum absolute atomic E-state index is 0.637. The SMILES string of the molecule is C=C1N[C@H]2CSC(CC)[C@H]2N1. The average molecular weight is 170 g/mol. The summed E-state index contributed by atoms with van der Waals surface area (Å²) >= 11 is 2.07. The van der Waals surface area contributed by atoms with E-state index in [2.05, 4.69) is 35.9 Å². The molecule has 2 rings (SSSR count). The van der Waals surface area contributed by atoms with Crippen LogP contribution in [-0.2, 0) is 0 Å². The topological polar surface area (TPSA) is 24.1 Å². The molecule has 11 heavy (non-hydrogen) atoms. The summed E-state index contributed by atoms with van der Waals surface area (Å²) in [6.45, 7) is 6.13. The Hall–Kier alpha value is -0.310. The van der Waals surface area contributed by atoms with Crippen molar-refractivity contribution in [2.75, 3.05) is 5.75 Å². The fourth-order valence-electron chi connectivity index (χ4n) is 1.86. The maximum atomic E-state index is 3.87. The highest BCUT2D eigenvalue weighted by molar-refractivity contribution is 8.00.